The third-order valence-electron chi connectivity index (χ3n) is 3.20. The summed E-state index contributed by atoms with van der Waals surface area (Å²) in [6, 6.07) is 26.9. The molecule has 2 nitrogen and oxygen atoms in total. The van der Waals surface area contributed by atoms with Crippen molar-refractivity contribution in [3.05, 3.63) is 87.8 Å². The maximum Gasteiger partial charge on any atom is 0.0615 e. The van der Waals surface area contributed by atoms with E-state index in [4.69, 9.17) is 5.11 Å². The Morgan fingerprint density at radius 1 is 0.652 bits per heavy atom. The fourth-order valence-electron chi connectivity index (χ4n) is 2.25. The van der Waals surface area contributed by atoms with Crippen LogP contribution in [0, 0.1) is 0 Å². The summed E-state index contributed by atoms with van der Waals surface area (Å²) in [5.74, 6) is 0. The van der Waals surface area contributed by atoms with E-state index >= 15 is 0 Å². The van der Waals surface area contributed by atoms with Crippen LogP contribution in [0.25, 0.3) is 0 Å². The Morgan fingerprint density at radius 3 is 1.61 bits per heavy atom. The molecule has 0 fully saturated rings. The molecule has 0 bridgehead atoms. The highest BCUT2D eigenvalue weighted by molar-refractivity contribution is 9.13. The SMILES string of the molecule is Brc1cccc(N(c2ccccc2)c2ccccc2)c1Br.CO. The van der Waals surface area contributed by atoms with Crippen LogP contribution >= 0.6 is 31.9 Å². The van der Waals surface area contributed by atoms with Crippen LogP contribution in [0.15, 0.2) is 87.8 Å². The molecule has 3 aromatic carbocycles. The summed E-state index contributed by atoms with van der Waals surface area (Å²) < 4.78 is 2.08. The highest BCUT2D eigenvalue weighted by Gasteiger charge is 2.15. The zero-order chi connectivity index (χ0) is 16.7. The van der Waals surface area contributed by atoms with Gasteiger partial charge in [0.05, 0.1) is 10.2 Å². The van der Waals surface area contributed by atoms with Gasteiger partial charge < -0.3 is 10.0 Å². The van der Waals surface area contributed by atoms with Gasteiger partial charge in [-0.2, -0.15) is 0 Å². The van der Waals surface area contributed by atoms with E-state index in [0.717, 1.165) is 33.1 Å². The summed E-state index contributed by atoms with van der Waals surface area (Å²) in [5, 5.41) is 7.00. The lowest BCUT2D eigenvalue weighted by Gasteiger charge is -2.26. The van der Waals surface area contributed by atoms with Crippen LogP contribution in [-0.2, 0) is 0 Å². The molecule has 0 spiro atoms. The minimum absolute atomic E-state index is 1.00. The van der Waals surface area contributed by atoms with Crippen molar-refractivity contribution in [2.75, 3.05) is 12.0 Å². The van der Waals surface area contributed by atoms with Crippen LogP contribution < -0.4 is 4.90 Å². The molecule has 0 saturated carbocycles. The summed E-state index contributed by atoms with van der Waals surface area (Å²) in [5.41, 5.74) is 3.35. The van der Waals surface area contributed by atoms with E-state index in [1.807, 2.05) is 24.3 Å². The van der Waals surface area contributed by atoms with Gasteiger partial charge in [-0.05, 0) is 68.3 Å². The molecular weight excluding hydrogens is 418 g/mol. The summed E-state index contributed by atoms with van der Waals surface area (Å²) in [4.78, 5) is 2.23. The molecule has 3 aromatic rings. The number of halogens is 2. The lowest BCUT2D eigenvalue weighted by molar-refractivity contribution is 0.399. The summed E-state index contributed by atoms with van der Waals surface area (Å²) in [6.07, 6.45) is 0. The topological polar surface area (TPSA) is 23.5 Å². The van der Waals surface area contributed by atoms with Gasteiger partial charge in [0.1, 0.15) is 0 Å². The van der Waals surface area contributed by atoms with E-state index in [9.17, 15) is 0 Å². The van der Waals surface area contributed by atoms with Crippen LogP contribution in [0.2, 0.25) is 0 Å². The van der Waals surface area contributed by atoms with Crippen LogP contribution in [0.3, 0.4) is 0 Å². The van der Waals surface area contributed by atoms with Crippen molar-refractivity contribution in [1.29, 1.82) is 0 Å². The number of anilines is 3. The van der Waals surface area contributed by atoms with Crippen molar-refractivity contribution in [2.45, 2.75) is 0 Å². The first-order valence-electron chi connectivity index (χ1n) is 7.06. The van der Waals surface area contributed by atoms with Crippen molar-refractivity contribution < 1.29 is 5.11 Å². The lowest BCUT2D eigenvalue weighted by atomic mass is 10.2. The molecular formula is C19H17Br2NO. The van der Waals surface area contributed by atoms with E-state index in [1.165, 1.54) is 0 Å². The molecule has 0 unspecified atom stereocenters. The standard InChI is InChI=1S/C18H13Br2N.CH4O/c19-16-12-7-13-17(18(16)20)21(14-8-3-1-4-9-14)15-10-5-2-6-11-15;1-2/h1-13H;2H,1H3. The Kier molecular flexibility index (Phi) is 6.84. The lowest BCUT2D eigenvalue weighted by Crippen LogP contribution is -2.10. The van der Waals surface area contributed by atoms with Gasteiger partial charge in [-0.1, -0.05) is 42.5 Å². The Morgan fingerprint density at radius 2 is 1.13 bits per heavy atom. The van der Waals surface area contributed by atoms with E-state index in [0.29, 0.717) is 0 Å². The predicted molar refractivity (Wildman–Crippen MR) is 105 cm³/mol. The van der Waals surface area contributed by atoms with Gasteiger partial charge in [-0.25, -0.2) is 0 Å². The molecule has 0 aliphatic carbocycles. The predicted octanol–water partition coefficient (Wildman–Crippen LogP) is 6.29. The van der Waals surface area contributed by atoms with Crippen LogP contribution in [0.1, 0.15) is 0 Å². The van der Waals surface area contributed by atoms with Crippen molar-refractivity contribution in [2.24, 2.45) is 0 Å². The third kappa shape index (κ3) is 4.22. The van der Waals surface area contributed by atoms with Gasteiger partial charge in [-0.3, -0.25) is 0 Å². The second-order valence-electron chi connectivity index (χ2n) is 4.58. The number of aliphatic hydroxyl groups excluding tert-OH is 1. The zero-order valence-electron chi connectivity index (χ0n) is 12.7. The Bertz CT molecular complexity index is 693. The van der Waals surface area contributed by atoms with Crippen LogP contribution in [0.4, 0.5) is 17.1 Å². The normalized spacial score (nSPS) is 9.74. The number of para-hydroxylation sites is 2. The molecule has 4 heteroatoms. The second-order valence-corrected chi connectivity index (χ2v) is 6.23. The first-order chi connectivity index (χ1) is 11.3. The maximum atomic E-state index is 7.00. The molecule has 0 aliphatic rings. The Balaban J connectivity index is 0.000000924. The van der Waals surface area contributed by atoms with Crippen LogP contribution in [-0.4, -0.2) is 12.2 Å². The van der Waals surface area contributed by atoms with Crippen molar-refractivity contribution in [1.82, 2.24) is 0 Å². The number of rotatable bonds is 3. The van der Waals surface area contributed by atoms with Crippen molar-refractivity contribution >= 4 is 48.9 Å². The minimum atomic E-state index is 1.00. The molecule has 0 heterocycles. The van der Waals surface area contributed by atoms with Gasteiger partial charge >= 0.3 is 0 Å². The molecule has 0 atom stereocenters. The highest BCUT2D eigenvalue weighted by Crippen LogP contribution is 2.41. The van der Waals surface area contributed by atoms with E-state index in [2.05, 4.69) is 91.4 Å². The first kappa shape index (κ1) is 17.7. The second kappa shape index (κ2) is 8.87. The molecule has 0 aliphatic heterocycles. The van der Waals surface area contributed by atoms with E-state index in [1.54, 1.807) is 0 Å². The van der Waals surface area contributed by atoms with E-state index < -0.39 is 0 Å². The monoisotopic (exact) mass is 433 g/mol. The quantitative estimate of drug-likeness (QED) is 0.523. The Labute approximate surface area is 153 Å². The largest absolute Gasteiger partial charge is 0.400 e. The van der Waals surface area contributed by atoms with Crippen LogP contribution in [0.5, 0.6) is 0 Å². The summed E-state index contributed by atoms with van der Waals surface area (Å²) in [7, 11) is 1.00. The summed E-state index contributed by atoms with van der Waals surface area (Å²) in [6.45, 7) is 0. The van der Waals surface area contributed by atoms with Crippen molar-refractivity contribution in [3.63, 3.8) is 0 Å². The number of nitrogens with zero attached hydrogens (tertiary/aromatic N) is 1. The fraction of sp³-hybridized carbons (Fsp3) is 0.0526. The van der Waals surface area contributed by atoms with Gasteiger partial charge in [-0.15, -0.1) is 0 Å². The maximum absolute atomic E-state index is 7.00. The molecule has 0 amide bonds. The average Bonchev–Trinajstić information content (AvgIpc) is 2.62. The summed E-state index contributed by atoms with van der Waals surface area (Å²) >= 11 is 7.27. The van der Waals surface area contributed by atoms with E-state index in [-0.39, 0.29) is 0 Å². The highest BCUT2D eigenvalue weighted by atomic mass is 79.9. The molecule has 23 heavy (non-hydrogen) atoms. The number of hydrogen-bond donors (Lipinski definition) is 1. The molecule has 1 N–H and O–H groups in total. The molecule has 0 saturated heterocycles. The number of aliphatic hydroxyl groups is 1. The Hall–Kier alpha value is -1.62. The van der Waals surface area contributed by atoms with Gasteiger partial charge in [0, 0.05) is 23.0 Å². The van der Waals surface area contributed by atoms with Gasteiger partial charge in [0.25, 0.3) is 0 Å². The molecule has 0 aromatic heterocycles. The minimum Gasteiger partial charge on any atom is -0.400 e. The van der Waals surface area contributed by atoms with Gasteiger partial charge in [0.15, 0.2) is 0 Å². The fourth-order valence-corrected chi connectivity index (χ4v) is 3.04. The molecule has 0 radical (unpaired) electrons. The third-order valence-corrected chi connectivity index (χ3v) is 5.23. The number of benzene rings is 3. The first-order valence-corrected chi connectivity index (χ1v) is 8.65. The average molecular weight is 435 g/mol. The van der Waals surface area contributed by atoms with Crippen molar-refractivity contribution in [3.8, 4) is 0 Å². The molecule has 3 rings (SSSR count). The number of hydrogen-bond acceptors (Lipinski definition) is 2. The zero-order valence-corrected chi connectivity index (χ0v) is 15.8. The molecule has 118 valence electrons. The van der Waals surface area contributed by atoms with Gasteiger partial charge in [0.2, 0.25) is 0 Å². The smallest absolute Gasteiger partial charge is 0.0615 e.